The van der Waals surface area contributed by atoms with E-state index >= 15 is 0 Å². The van der Waals surface area contributed by atoms with Crippen LogP contribution in [0.2, 0.25) is 0 Å². The van der Waals surface area contributed by atoms with Crippen molar-refractivity contribution in [2.45, 2.75) is 23.9 Å². The second kappa shape index (κ2) is 8.09. The van der Waals surface area contributed by atoms with Crippen molar-refractivity contribution in [1.82, 2.24) is 9.97 Å². The molecule has 0 aliphatic rings. The molecule has 138 valence electrons. The summed E-state index contributed by atoms with van der Waals surface area (Å²) in [5.74, 6) is -2.85. The first kappa shape index (κ1) is 20.2. The minimum absolute atomic E-state index is 0.185. The molecule has 0 radical (unpaired) electrons. The predicted octanol–water partition coefficient (Wildman–Crippen LogP) is 3.03. The highest BCUT2D eigenvalue weighted by Crippen LogP contribution is 2.30. The van der Waals surface area contributed by atoms with Crippen LogP contribution in [0.1, 0.15) is 19.4 Å². The van der Waals surface area contributed by atoms with Crippen LogP contribution in [0.15, 0.2) is 43.0 Å². The lowest BCUT2D eigenvalue weighted by molar-refractivity contribution is -0.171. The Bertz CT molecular complexity index is 758. The van der Waals surface area contributed by atoms with Crippen LogP contribution in [0.5, 0.6) is 0 Å². The molecule has 8 heteroatoms. The fourth-order valence-corrected chi connectivity index (χ4v) is 2.48. The van der Waals surface area contributed by atoms with Gasteiger partial charge in [-0.1, -0.05) is 24.3 Å². The van der Waals surface area contributed by atoms with Crippen LogP contribution in [0.25, 0.3) is 11.1 Å². The summed E-state index contributed by atoms with van der Waals surface area (Å²) < 4.78 is 4.82. The van der Waals surface area contributed by atoms with E-state index in [9.17, 15) is 19.8 Å². The van der Waals surface area contributed by atoms with E-state index in [1.54, 1.807) is 50.5 Å². The minimum atomic E-state index is -2.06. The Balaban J connectivity index is 2.27. The van der Waals surface area contributed by atoms with Gasteiger partial charge in [0, 0.05) is 24.4 Å². The number of rotatable bonds is 8. The third-order valence-corrected chi connectivity index (χ3v) is 4.15. The summed E-state index contributed by atoms with van der Waals surface area (Å²) in [5, 5.41) is 19.2. The first-order valence-electron chi connectivity index (χ1n) is 7.78. The molecule has 0 aliphatic heterocycles. The number of nitrogens with zero attached hydrogens (tertiary/aromatic N) is 2. The summed E-state index contributed by atoms with van der Waals surface area (Å²) in [6.45, 7) is 3.04. The average molecular weight is 470 g/mol. The normalized spacial score (nSPS) is 12.0. The molecule has 2 N–H and O–H groups in total. The van der Waals surface area contributed by atoms with Crippen molar-refractivity contribution < 1.29 is 24.5 Å². The van der Waals surface area contributed by atoms with Crippen LogP contribution in [0.3, 0.4) is 0 Å². The number of hydrogen-bond acceptors (Lipinski definition) is 5. The molecule has 2 aromatic rings. The molecule has 0 fully saturated rings. The van der Waals surface area contributed by atoms with E-state index in [0.717, 1.165) is 11.1 Å². The van der Waals surface area contributed by atoms with Crippen molar-refractivity contribution in [3.8, 4) is 11.1 Å². The van der Waals surface area contributed by atoms with E-state index in [1.807, 2.05) is 22.6 Å². The molecule has 0 unspecified atom stereocenters. The number of halogens is 1. The predicted molar refractivity (Wildman–Crippen MR) is 103 cm³/mol. The molecule has 7 nitrogen and oxygen atoms in total. The smallest absolute Gasteiger partial charge is 0.323 e. The van der Waals surface area contributed by atoms with Gasteiger partial charge in [-0.05, 0) is 47.6 Å². The van der Waals surface area contributed by atoms with Crippen molar-refractivity contribution in [2.75, 3.05) is 6.61 Å². The number of benzene rings is 1. The molecule has 1 heterocycles. The Morgan fingerprint density at radius 2 is 1.58 bits per heavy atom. The van der Waals surface area contributed by atoms with Gasteiger partial charge in [-0.15, -0.1) is 0 Å². The molecule has 0 spiro atoms. The second-order valence-corrected chi connectivity index (χ2v) is 8.94. The summed E-state index contributed by atoms with van der Waals surface area (Å²) in [5.41, 5.74) is 0.206. The van der Waals surface area contributed by atoms with E-state index in [-0.39, 0.29) is 6.42 Å². The van der Waals surface area contributed by atoms with Crippen molar-refractivity contribution in [2.24, 2.45) is 5.41 Å². The molecule has 0 saturated heterocycles. The number of carbonyl (C=O) groups is 2. The molecule has 0 bridgehead atoms. The maximum Gasteiger partial charge on any atom is 0.323 e. The van der Waals surface area contributed by atoms with Gasteiger partial charge in [-0.2, -0.15) is 0 Å². The van der Waals surface area contributed by atoms with Crippen molar-refractivity contribution in [3.05, 3.63) is 48.5 Å². The van der Waals surface area contributed by atoms with E-state index in [0.29, 0.717) is 5.56 Å². The molecule has 1 aromatic carbocycles. The quantitative estimate of drug-likeness (QED) is 0.347. The van der Waals surface area contributed by atoms with E-state index < -0.39 is 27.6 Å². The van der Waals surface area contributed by atoms with E-state index in [4.69, 9.17) is 4.74 Å². The maximum atomic E-state index is 11.8. The molecule has 26 heavy (non-hydrogen) atoms. The number of aromatic nitrogens is 2. The Kier molecular flexibility index (Phi) is 6.30. The van der Waals surface area contributed by atoms with Crippen LogP contribution in [0.4, 0.5) is 0 Å². The topological polar surface area (TPSA) is 110 Å². The standard InChI is InChI=1S/C18H19IN2O5/c1-17(2,19)26-10-18(15(22)23,16(24)25)7-12-3-5-13(6-4-12)14-8-20-11-21-9-14/h3-6,8-9,11H,7,10H2,1-2H3,(H,22,23)(H,24,25). The lowest BCUT2D eigenvalue weighted by Crippen LogP contribution is -2.46. The molecule has 0 aliphatic carbocycles. The van der Waals surface area contributed by atoms with Crippen LogP contribution in [-0.2, 0) is 20.7 Å². The highest BCUT2D eigenvalue weighted by atomic mass is 127. The minimum Gasteiger partial charge on any atom is -0.480 e. The fraction of sp³-hybridized carbons (Fsp3) is 0.333. The molecular weight excluding hydrogens is 451 g/mol. The van der Waals surface area contributed by atoms with E-state index in [1.165, 1.54) is 6.33 Å². The number of carboxylic acids is 2. The van der Waals surface area contributed by atoms with Crippen LogP contribution in [-0.4, -0.2) is 42.3 Å². The van der Waals surface area contributed by atoms with Gasteiger partial charge in [0.15, 0.2) is 5.41 Å². The summed E-state index contributed by atoms with van der Waals surface area (Å²) >= 11 is 1.99. The van der Waals surface area contributed by atoms with Crippen LogP contribution in [0, 0.1) is 5.41 Å². The van der Waals surface area contributed by atoms with Crippen molar-refractivity contribution >= 4 is 34.5 Å². The maximum absolute atomic E-state index is 11.8. The van der Waals surface area contributed by atoms with Crippen molar-refractivity contribution in [1.29, 1.82) is 0 Å². The summed E-state index contributed by atoms with van der Waals surface area (Å²) in [7, 11) is 0. The fourth-order valence-electron chi connectivity index (χ4n) is 2.32. The number of alkyl halides is 1. The number of ether oxygens (including phenoxy) is 1. The largest absolute Gasteiger partial charge is 0.480 e. The molecular formula is C18H19IN2O5. The van der Waals surface area contributed by atoms with Gasteiger partial charge in [-0.25, -0.2) is 9.97 Å². The summed E-state index contributed by atoms with van der Waals surface area (Å²) in [4.78, 5) is 31.5. The third-order valence-electron chi connectivity index (χ3n) is 3.83. The molecule has 1 aromatic heterocycles. The second-order valence-electron chi connectivity index (χ2n) is 6.35. The highest BCUT2D eigenvalue weighted by Gasteiger charge is 2.48. The van der Waals surface area contributed by atoms with Gasteiger partial charge in [0.1, 0.15) is 9.94 Å². The number of aliphatic carboxylic acids is 2. The number of hydrogen-bond donors (Lipinski definition) is 2. The molecule has 0 atom stereocenters. The first-order valence-corrected chi connectivity index (χ1v) is 8.86. The van der Waals surface area contributed by atoms with Gasteiger partial charge in [0.05, 0.1) is 6.61 Å². The average Bonchev–Trinajstić information content (AvgIpc) is 2.58. The molecule has 2 rings (SSSR count). The SMILES string of the molecule is CC(C)(I)OCC(Cc1ccc(-c2cncnc2)cc1)(C(=O)O)C(=O)O. The van der Waals surface area contributed by atoms with Gasteiger partial charge in [0.2, 0.25) is 0 Å². The Morgan fingerprint density at radius 1 is 1.04 bits per heavy atom. The molecule has 0 amide bonds. The van der Waals surface area contributed by atoms with Gasteiger partial charge < -0.3 is 14.9 Å². The van der Waals surface area contributed by atoms with Crippen LogP contribution >= 0.6 is 22.6 Å². The third kappa shape index (κ3) is 4.98. The van der Waals surface area contributed by atoms with Gasteiger partial charge in [-0.3, -0.25) is 9.59 Å². The zero-order valence-corrected chi connectivity index (χ0v) is 16.5. The summed E-state index contributed by atoms with van der Waals surface area (Å²) in [6.07, 6.45) is 4.57. The van der Waals surface area contributed by atoms with Crippen molar-refractivity contribution in [3.63, 3.8) is 0 Å². The Labute approximate surface area is 164 Å². The zero-order chi connectivity index (χ0) is 19.4. The number of carboxylic acid groups (broad SMARTS) is 2. The zero-order valence-electron chi connectivity index (χ0n) is 14.3. The van der Waals surface area contributed by atoms with Gasteiger partial charge >= 0.3 is 11.9 Å². The highest BCUT2D eigenvalue weighted by molar-refractivity contribution is 14.1. The summed E-state index contributed by atoms with van der Waals surface area (Å²) in [6, 6.07) is 6.98. The van der Waals surface area contributed by atoms with E-state index in [2.05, 4.69) is 9.97 Å². The lowest BCUT2D eigenvalue weighted by atomic mass is 9.82. The Hall–Kier alpha value is -2.07. The first-order chi connectivity index (χ1) is 12.1. The monoisotopic (exact) mass is 470 g/mol. The van der Waals surface area contributed by atoms with Gasteiger partial charge in [0.25, 0.3) is 0 Å². The molecule has 0 saturated carbocycles. The van der Waals surface area contributed by atoms with Crippen LogP contribution < -0.4 is 0 Å². The lowest BCUT2D eigenvalue weighted by Gasteiger charge is -2.28. The Morgan fingerprint density at radius 3 is 2.04 bits per heavy atom.